The highest BCUT2D eigenvalue weighted by molar-refractivity contribution is 7.89. The fourth-order valence-electron chi connectivity index (χ4n) is 2.53. The Labute approximate surface area is 164 Å². The van der Waals surface area contributed by atoms with Crippen LogP contribution in [-0.2, 0) is 10.0 Å². The number of para-hydroxylation sites is 1. The number of carbonyl (C=O) groups excluding carboxylic acids is 1. The van der Waals surface area contributed by atoms with Gasteiger partial charge in [0.1, 0.15) is 5.69 Å². The van der Waals surface area contributed by atoms with E-state index in [2.05, 4.69) is 10.4 Å². The van der Waals surface area contributed by atoms with Crippen LogP contribution in [0.4, 0.5) is 14.5 Å². The second-order valence-corrected chi connectivity index (χ2v) is 8.15. The average molecular weight is 426 g/mol. The van der Waals surface area contributed by atoms with Crippen LogP contribution in [0.25, 0.3) is 11.1 Å². The summed E-state index contributed by atoms with van der Waals surface area (Å²) in [5.41, 5.74) is 0.322. The maximum absolute atomic E-state index is 13.2. The summed E-state index contributed by atoms with van der Waals surface area (Å²) < 4.78 is 50.0. The van der Waals surface area contributed by atoms with Gasteiger partial charge in [-0.2, -0.15) is 9.19 Å². The van der Waals surface area contributed by atoms with Crippen molar-refractivity contribution in [2.24, 2.45) is 0 Å². The van der Waals surface area contributed by atoms with Crippen LogP contribution < -0.4 is 5.32 Å². The second kappa shape index (κ2) is 7.69. The number of alkyl halides is 2. The van der Waals surface area contributed by atoms with Crippen molar-refractivity contribution >= 4 is 33.2 Å². The fraction of sp³-hybridized carbons (Fsp3) is 0.111. The van der Waals surface area contributed by atoms with E-state index in [1.54, 1.807) is 48.5 Å². The highest BCUT2D eigenvalue weighted by Gasteiger charge is 2.26. The molecule has 28 heavy (non-hydrogen) atoms. The van der Waals surface area contributed by atoms with Crippen molar-refractivity contribution in [2.75, 3.05) is 11.6 Å². The van der Waals surface area contributed by atoms with E-state index in [1.807, 2.05) is 0 Å². The van der Waals surface area contributed by atoms with Gasteiger partial charge in [-0.15, -0.1) is 0 Å². The van der Waals surface area contributed by atoms with Crippen LogP contribution in [0, 0.1) is 0 Å². The number of nitrogens with zero attached hydrogens (tertiary/aromatic N) is 2. The molecule has 0 aliphatic rings. The van der Waals surface area contributed by atoms with Crippen molar-refractivity contribution in [3.63, 3.8) is 0 Å². The lowest BCUT2D eigenvalue weighted by Crippen LogP contribution is -2.14. The molecule has 146 valence electrons. The first-order valence-corrected chi connectivity index (χ1v) is 10.1. The summed E-state index contributed by atoms with van der Waals surface area (Å²) in [5, 5.41) is 6.43. The van der Waals surface area contributed by atoms with Crippen molar-refractivity contribution in [1.29, 1.82) is 0 Å². The highest BCUT2D eigenvalue weighted by atomic mass is 35.5. The molecule has 6 nitrogen and oxygen atoms in total. The number of amides is 1. The second-order valence-electron chi connectivity index (χ2n) is 5.87. The lowest BCUT2D eigenvalue weighted by Gasteiger charge is -2.11. The Hall–Kier alpha value is -2.78. The third-order valence-electron chi connectivity index (χ3n) is 3.84. The van der Waals surface area contributed by atoms with Gasteiger partial charge < -0.3 is 5.32 Å². The summed E-state index contributed by atoms with van der Waals surface area (Å²) in [6.07, 6.45) is -1.54. The molecule has 0 bridgehead atoms. The minimum atomic E-state index is -3.92. The molecule has 1 N–H and O–H groups in total. The Morgan fingerprint density at radius 3 is 2.39 bits per heavy atom. The van der Waals surface area contributed by atoms with Gasteiger partial charge in [0, 0.05) is 16.3 Å². The Kier molecular flexibility index (Phi) is 5.48. The molecule has 1 heterocycles. The zero-order chi connectivity index (χ0) is 20.5. The first kappa shape index (κ1) is 20.0. The maximum atomic E-state index is 13.2. The van der Waals surface area contributed by atoms with Crippen LogP contribution in [0.3, 0.4) is 0 Å². The van der Waals surface area contributed by atoms with Crippen molar-refractivity contribution in [2.45, 2.75) is 6.43 Å². The minimum Gasteiger partial charge on any atom is -0.321 e. The fourth-order valence-corrected chi connectivity index (χ4v) is 3.19. The van der Waals surface area contributed by atoms with Crippen LogP contribution in [0.2, 0.25) is 5.02 Å². The standard InChI is InChI=1S/C18H14ClF2N3O3S/c1-28(26,27)24-10-14(16(23-24)17(20)21)18(25)22-15-5-3-2-4-13(15)11-6-8-12(19)9-7-11/h2-10,17H,1H3,(H,22,25). The zero-order valence-electron chi connectivity index (χ0n) is 14.4. The summed E-state index contributed by atoms with van der Waals surface area (Å²) in [7, 11) is -3.92. The lowest BCUT2D eigenvalue weighted by molar-refractivity contribution is 0.101. The first-order chi connectivity index (χ1) is 13.2. The maximum Gasteiger partial charge on any atom is 0.283 e. The molecular weight excluding hydrogens is 412 g/mol. The van der Waals surface area contributed by atoms with Crippen LogP contribution in [-0.4, -0.2) is 29.8 Å². The van der Waals surface area contributed by atoms with Gasteiger partial charge in [-0.25, -0.2) is 17.2 Å². The zero-order valence-corrected chi connectivity index (χ0v) is 16.0. The molecular formula is C18H14ClF2N3O3S. The number of anilines is 1. The third-order valence-corrected chi connectivity index (χ3v) is 4.96. The molecule has 10 heteroatoms. The number of rotatable bonds is 5. The van der Waals surface area contributed by atoms with E-state index in [1.165, 1.54) is 0 Å². The molecule has 0 saturated heterocycles. The number of nitrogens with one attached hydrogen (secondary N) is 1. The van der Waals surface area contributed by atoms with Crippen LogP contribution in [0.5, 0.6) is 0 Å². The van der Waals surface area contributed by atoms with Gasteiger partial charge in [0.05, 0.1) is 18.0 Å². The SMILES string of the molecule is CS(=O)(=O)n1cc(C(=O)Nc2ccccc2-c2ccc(Cl)cc2)c(C(F)F)n1. The number of carbonyl (C=O) groups is 1. The van der Waals surface area contributed by atoms with Crippen LogP contribution in [0.15, 0.2) is 54.7 Å². The van der Waals surface area contributed by atoms with E-state index < -0.39 is 33.6 Å². The molecule has 3 aromatic rings. The number of hydrogen-bond donors (Lipinski definition) is 1. The molecule has 0 radical (unpaired) electrons. The lowest BCUT2D eigenvalue weighted by atomic mass is 10.0. The van der Waals surface area contributed by atoms with Gasteiger partial charge in [0.15, 0.2) is 0 Å². The predicted molar refractivity (Wildman–Crippen MR) is 102 cm³/mol. The van der Waals surface area contributed by atoms with Crippen molar-refractivity contribution in [1.82, 2.24) is 9.19 Å². The molecule has 0 atom stereocenters. The van der Waals surface area contributed by atoms with Crippen molar-refractivity contribution in [3.05, 3.63) is 71.0 Å². The third kappa shape index (κ3) is 4.20. The normalized spacial score (nSPS) is 11.6. The summed E-state index contributed by atoms with van der Waals surface area (Å²) in [5.74, 6) is -0.897. The molecule has 0 fully saturated rings. The Morgan fingerprint density at radius 1 is 1.14 bits per heavy atom. The van der Waals surface area contributed by atoms with E-state index in [9.17, 15) is 22.0 Å². The van der Waals surface area contributed by atoms with E-state index in [0.717, 1.165) is 18.0 Å². The highest BCUT2D eigenvalue weighted by Crippen LogP contribution is 2.30. The van der Waals surface area contributed by atoms with Gasteiger partial charge in [-0.3, -0.25) is 4.79 Å². The molecule has 1 amide bonds. The van der Waals surface area contributed by atoms with Crippen molar-refractivity contribution in [3.8, 4) is 11.1 Å². The van der Waals surface area contributed by atoms with Crippen LogP contribution in [0.1, 0.15) is 22.5 Å². The van der Waals surface area contributed by atoms with Gasteiger partial charge in [-0.05, 0) is 23.8 Å². The molecule has 2 aromatic carbocycles. The average Bonchev–Trinajstić information content (AvgIpc) is 3.09. The molecule has 0 aliphatic heterocycles. The van der Waals surface area contributed by atoms with E-state index >= 15 is 0 Å². The Bertz CT molecular complexity index is 1130. The Balaban J connectivity index is 1.99. The summed E-state index contributed by atoms with van der Waals surface area (Å²) in [6, 6.07) is 13.6. The Morgan fingerprint density at radius 2 is 1.79 bits per heavy atom. The largest absolute Gasteiger partial charge is 0.321 e. The van der Waals surface area contributed by atoms with Gasteiger partial charge in [0.25, 0.3) is 22.4 Å². The minimum absolute atomic E-state index is 0.356. The van der Waals surface area contributed by atoms with E-state index in [0.29, 0.717) is 20.4 Å². The molecule has 0 unspecified atom stereocenters. The molecule has 3 rings (SSSR count). The van der Waals surface area contributed by atoms with Gasteiger partial charge in [-0.1, -0.05) is 41.9 Å². The smallest absolute Gasteiger partial charge is 0.283 e. The molecule has 0 aliphatic carbocycles. The summed E-state index contributed by atoms with van der Waals surface area (Å²) in [6.45, 7) is 0. The number of aromatic nitrogens is 2. The topological polar surface area (TPSA) is 81.1 Å². The van der Waals surface area contributed by atoms with Gasteiger partial charge >= 0.3 is 0 Å². The van der Waals surface area contributed by atoms with Gasteiger partial charge in [0.2, 0.25) is 0 Å². The molecule has 0 spiro atoms. The van der Waals surface area contributed by atoms with Crippen molar-refractivity contribution < 1.29 is 22.0 Å². The van der Waals surface area contributed by atoms with Crippen LogP contribution >= 0.6 is 11.6 Å². The molecule has 0 saturated carbocycles. The predicted octanol–water partition coefficient (Wildman–Crippen LogP) is 4.20. The summed E-state index contributed by atoms with van der Waals surface area (Å²) in [4.78, 5) is 12.6. The van der Waals surface area contributed by atoms with E-state index in [4.69, 9.17) is 11.6 Å². The monoisotopic (exact) mass is 425 g/mol. The quantitative estimate of drug-likeness (QED) is 0.664. The first-order valence-electron chi connectivity index (χ1n) is 7.91. The number of benzene rings is 2. The summed E-state index contributed by atoms with van der Waals surface area (Å²) >= 11 is 5.89. The molecule has 1 aromatic heterocycles. The number of halogens is 3. The number of hydrogen-bond acceptors (Lipinski definition) is 4. The van der Waals surface area contributed by atoms with E-state index in [-0.39, 0.29) is 0 Å².